The third-order valence-corrected chi connectivity index (χ3v) is 4.99. The standard InChI is InChI=1S/C20H19ClN4O2/c21-14-7-4-8-15(9-14)22-20(27)25-11-17-18(10-16(25)12-26)23-24-19(17)13-5-2-1-3-6-13/h1-9,16,26H,10-12H2,(H,22,27)(H,23,24)/t16-/m1/s1. The maximum atomic E-state index is 12.9. The van der Waals surface area contributed by atoms with Crippen LogP contribution in [0.25, 0.3) is 11.3 Å². The largest absolute Gasteiger partial charge is 0.394 e. The van der Waals surface area contributed by atoms with Gasteiger partial charge in [0.05, 0.1) is 24.9 Å². The molecular formula is C20H19ClN4O2. The minimum atomic E-state index is -0.319. The van der Waals surface area contributed by atoms with Crippen LogP contribution in [0.4, 0.5) is 10.5 Å². The van der Waals surface area contributed by atoms with Gasteiger partial charge in [-0.15, -0.1) is 0 Å². The summed E-state index contributed by atoms with van der Waals surface area (Å²) in [6.07, 6.45) is 0.522. The number of nitrogens with one attached hydrogen (secondary N) is 2. The number of H-pyrrole nitrogens is 1. The average Bonchev–Trinajstić information content (AvgIpc) is 3.10. The van der Waals surface area contributed by atoms with Gasteiger partial charge in [-0.2, -0.15) is 5.10 Å². The molecule has 1 aliphatic heterocycles. The van der Waals surface area contributed by atoms with E-state index in [2.05, 4.69) is 15.5 Å². The van der Waals surface area contributed by atoms with E-state index in [9.17, 15) is 9.90 Å². The highest BCUT2D eigenvalue weighted by atomic mass is 35.5. The summed E-state index contributed by atoms with van der Waals surface area (Å²) in [4.78, 5) is 14.5. The number of aromatic nitrogens is 2. The van der Waals surface area contributed by atoms with Crippen molar-refractivity contribution in [3.8, 4) is 11.3 Å². The Morgan fingerprint density at radius 2 is 2.07 bits per heavy atom. The Morgan fingerprint density at radius 1 is 1.26 bits per heavy atom. The molecule has 3 N–H and O–H groups in total. The molecule has 0 radical (unpaired) electrons. The van der Waals surface area contributed by atoms with Gasteiger partial charge in [0.25, 0.3) is 0 Å². The molecule has 0 unspecified atom stereocenters. The van der Waals surface area contributed by atoms with E-state index in [1.807, 2.05) is 30.3 Å². The fraction of sp³-hybridized carbons (Fsp3) is 0.200. The van der Waals surface area contributed by atoms with E-state index in [0.29, 0.717) is 23.7 Å². The number of aliphatic hydroxyl groups is 1. The van der Waals surface area contributed by atoms with Crippen LogP contribution in [0.2, 0.25) is 5.02 Å². The van der Waals surface area contributed by atoms with Crippen LogP contribution in [-0.4, -0.2) is 38.9 Å². The Morgan fingerprint density at radius 3 is 2.81 bits per heavy atom. The molecule has 0 aliphatic carbocycles. The van der Waals surface area contributed by atoms with E-state index in [0.717, 1.165) is 22.5 Å². The first-order valence-corrected chi connectivity index (χ1v) is 9.09. The average molecular weight is 383 g/mol. The quantitative estimate of drug-likeness (QED) is 0.646. The summed E-state index contributed by atoms with van der Waals surface area (Å²) >= 11 is 5.99. The van der Waals surface area contributed by atoms with Gasteiger partial charge in [0, 0.05) is 34.0 Å². The summed E-state index contributed by atoms with van der Waals surface area (Å²) in [6.45, 7) is 0.246. The van der Waals surface area contributed by atoms with Crippen molar-refractivity contribution in [2.75, 3.05) is 11.9 Å². The highest BCUT2D eigenvalue weighted by molar-refractivity contribution is 6.30. The van der Waals surface area contributed by atoms with E-state index in [1.165, 1.54) is 0 Å². The molecule has 0 saturated carbocycles. The summed E-state index contributed by atoms with van der Waals surface area (Å²) < 4.78 is 0. The number of carbonyl (C=O) groups excluding carboxylic acids is 1. The van der Waals surface area contributed by atoms with Crippen LogP contribution in [0.15, 0.2) is 54.6 Å². The summed E-state index contributed by atoms with van der Waals surface area (Å²) in [6, 6.07) is 16.3. The number of anilines is 1. The van der Waals surface area contributed by atoms with Crippen molar-refractivity contribution in [1.82, 2.24) is 15.1 Å². The molecule has 138 valence electrons. The van der Waals surface area contributed by atoms with E-state index in [4.69, 9.17) is 11.6 Å². The number of benzene rings is 2. The first-order chi connectivity index (χ1) is 13.2. The van der Waals surface area contributed by atoms with Gasteiger partial charge in [0.2, 0.25) is 0 Å². The van der Waals surface area contributed by atoms with Crippen molar-refractivity contribution >= 4 is 23.3 Å². The number of nitrogens with zero attached hydrogens (tertiary/aromatic N) is 2. The molecule has 4 rings (SSSR count). The van der Waals surface area contributed by atoms with Gasteiger partial charge < -0.3 is 15.3 Å². The second-order valence-electron chi connectivity index (χ2n) is 6.50. The van der Waals surface area contributed by atoms with Crippen molar-refractivity contribution in [2.45, 2.75) is 19.0 Å². The Bertz CT molecular complexity index is 958. The number of hydrogen-bond acceptors (Lipinski definition) is 3. The zero-order valence-corrected chi connectivity index (χ0v) is 15.3. The van der Waals surface area contributed by atoms with Crippen LogP contribution in [0.1, 0.15) is 11.3 Å². The molecule has 7 heteroatoms. The van der Waals surface area contributed by atoms with Gasteiger partial charge in [0.1, 0.15) is 0 Å². The molecular weight excluding hydrogens is 364 g/mol. The molecule has 0 fully saturated rings. The number of fused-ring (bicyclic) bond motifs is 1. The number of aromatic amines is 1. The van der Waals surface area contributed by atoms with Crippen LogP contribution in [0.5, 0.6) is 0 Å². The Labute approximate surface area is 161 Å². The zero-order valence-electron chi connectivity index (χ0n) is 14.5. The number of halogens is 1. The zero-order chi connectivity index (χ0) is 18.8. The number of hydrogen-bond donors (Lipinski definition) is 3. The van der Waals surface area contributed by atoms with Crippen LogP contribution in [0, 0.1) is 0 Å². The SMILES string of the molecule is O=C(Nc1cccc(Cl)c1)N1Cc2c(-c3ccccc3)n[nH]c2C[C@@H]1CO. The molecule has 3 aromatic rings. The minimum Gasteiger partial charge on any atom is -0.394 e. The summed E-state index contributed by atoms with van der Waals surface area (Å²) in [5.74, 6) is 0. The van der Waals surface area contributed by atoms with E-state index in [1.54, 1.807) is 29.2 Å². The number of aliphatic hydroxyl groups excluding tert-OH is 1. The van der Waals surface area contributed by atoms with Gasteiger partial charge in [-0.25, -0.2) is 4.79 Å². The molecule has 1 aliphatic rings. The molecule has 0 bridgehead atoms. The molecule has 2 aromatic carbocycles. The first kappa shape index (κ1) is 17.6. The number of rotatable bonds is 3. The molecule has 2 amide bonds. The van der Waals surface area contributed by atoms with Crippen molar-refractivity contribution < 1.29 is 9.90 Å². The maximum absolute atomic E-state index is 12.9. The van der Waals surface area contributed by atoms with Crippen LogP contribution < -0.4 is 5.32 Å². The number of urea groups is 1. The molecule has 2 heterocycles. The fourth-order valence-electron chi connectivity index (χ4n) is 3.38. The lowest BCUT2D eigenvalue weighted by molar-refractivity contribution is 0.129. The van der Waals surface area contributed by atoms with Crippen molar-refractivity contribution in [2.24, 2.45) is 0 Å². The van der Waals surface area contributed by atoms with E-state index < -0.39 is 0 Å². The Kier molecular flexibility index (Phi) is 4.83. The van der Waals surface area contributed by atoms with Crippen LogP contribution >= 0.6 is 11.6 Å². The second kappa shape index (κ2) is 7.42. The highest BCUT2D eigenvalue weighted by Gasteiger charge is 2.32. The lowest BCUT2D eigenvalue weighted by Crippen LogP contribution is -2.48. The lowest BCUT2D eigenvalue weighted by Gasteiger charge is -2.34. The molecule has 0 spiro atoms. The predicted molar refractivity (Wildman–Crippen MR) is 105 cm³/mol. The lowest BCUT2D eigenvalue weighted by atomic mass is 9.97. The topological polar surface area (TPSA) is 81.2 Å². The third-order valence-electron chi connectivity index (χ3n) is 4.76. The second-order valence-corrected chi connectivity index (χ2v) is 6.94. The monoisotopic (exact) mass is 382 g/mol. The van der Waals surface area contributed by atoms with Crippen LogP contribution in [0.3, 0.4) is 0 Å². The molecule has 1 atom stereocenters. The summed E-state index contributed by atoms with van der Waals surface area (Å²) in [7, 11) is 0. The minimum absolute atomic E-state index is 0.123. The smallest absolute Gasteiger partial charge is 0.322 e. The molecule has 0 saturated heterocycles. The van der Waals surface area contributed by atoms with Gasteiger partial charge >= 0.3 is 6.03 Å². The fourth-order valence-corrected chi connectivity index (χ4v) is 3.57. The van der Waals surface area contributed by atoms with Gasteiger partial charge in [-0.3, -0.25) is 5.10 Å². The van der Waals surface area contributed by atoms with E-state index >= 15 is 0 Å². The van der Waals surface area contributed by atoms with Crippen molar-refractivity contribution in [3.05, 3.63) is 70.9 Å². The Hall–Kier alpha value is -2.83. The van der Waals surface area contributed by atoms with Gasteiger partial charge in [-0.05, 0) is 18.2 Å². The number of carbonyl (C=O) groups is 1. The normalized spacial score (nSPS) is 16.1. The van der Waals surface area contributed by atoms with Crippen molar-refractivity contribution in [3.63, 3.8) is 0 Å². The summed E-state index contributed by atoms with van der Waals surface area (Å²) in [5, 5.41) is 20.7. The highest BCUT2D eigenvalue weighted by Crippen LogP contribution is 2.31. The van der Waals surface area contributed by atoms with E-state index in [-0.39, 0.29) is 18.7 Å². The van der Waals surface area contributed by atoms with Gasteiger partial charge in [0.15, 0.2) is 0 Å². The third kappa shape index (κ3) is 3.54. The number of amides is 2. The van der Waals surface area contributed by atoms with Crippen LogP contribution in [-0.2, 0) is 13.0 Å². The Balaban J connectivity index is 1.61. The molecule has 1 aromatic heterocycles. The van der Waals surface area contributed by atoms with Gasteiger partial charge in [-0.1, -0.05) is 48.0 Å². The maximum Gasteiger partial charge on any atom is 0.322 e. The summed E-state index contributed by atoms with van der Waals surface area (Å²) in [5.41, 5.74) is 4.38. The predicted octanol–water partition coefficient (Wildman–Crippen LogP) is 3.68. The molecule has 27 heavy (non-hydrogen) atoms. The first-order valence-electron chi connectivity index (χ1n) is 8.71. The molecule has 6 nitrogen and oxygen atoms in total. The van der Waals surface area contributed by atoms with Crippen molar-refractivity contribution in [1.29, 1.82) is 0 Å².